The number of benzene rings is 1. The zero-order valence-electron chi connectivity index (χ0n) is 9.88. The zero-order chi connectivity index (χ0) is 12.1. The highest BCUT2D eigenvalue weighted by Crippen LogP contribution is 2.17. The van der Waals surface area contributed by atoms with Gasteiger partial charge in [0.05, 0.1) is 5.56 Å². The van der Waals surface area contributed by atoms with E-state index in [9.17, 15) is 4.79 Å². The number of aryl methyl sites for hydroxylation is 1. The van der Waals surface area contributed by atoms with Crippen molar-refractivity contribution in [2.24, 2.45) is 0 Å². The second-order valence-corrected chi connectivity index (χ2v) is 4.90. The number of hydrogen-bond donors (Lipinski definition) is 1. The molecule has 1 rings (SSSR count). The third kappa shape index (κ3) is 3.94. The molecule has 0 saturated carbocycles. The van der Waals surface area contributed by atoms with Crippen LogP contribution in [0.3, 0.4) is 0 Å². The van der Waals surface area contributed by atoms with E-state index in [2.05, 4.69) is 21.2 Å². The zero-order valence-corrected chi connectivity index (χ0v) is 11.5. The van der Waals surface area contributed by atoms with Crippen LogP contribution in [0.5, 0.6) is 0 Å². The van der Waals surface area contributed by atoms with Crippen LogP contribution >= 0.6 is 15.9 Å². The van der Waals surface area contributed by atoms with E-state index in [0.717, 1.165) is 16.6 Å². The molecule has 0 spiro atoms. The van der Waals surface area contributed by atoms with Gasteiger partial charge in [0.1, 0.15) is 0 Å². The molecule has 0 aliphatic rings. The van der Waals surface area contributed by atoms with Crippen molar-refractivity contribution in [3.05, 3.63) is 33.8 Å². The minimum absolute atomic E-state index is 0.0302. The summed E-state index contributed by atoms with van der Waals surface area (Å²) in [5.41, 5.74) is 1.78. The molecule has 0 unspecified atom stereocenters. The number of hydrogen-bond acceptors (Lipinski definition) is 2. The Morgan fingerprint density at radius 2 is 2.12 bits per heavy atom. The summed E-state index contributed by atoms with van der Waals surface area (Å²) in [6.45, 7) is 3.48. The van der Waals surface area contributed by atoms with Gasteiger partial charge in [-0.2, -0.15) is 0 Å². The third-order valence-electron chi connectivity index (χ3n) is 2.21. The highest BCUT2D eigenvalue weighted by atomic mass is 79.9. The number of carbonyl (C=O) groups is 1. The molecule has 1 N–H and O–H groups in total. The fourth-order valence-corrected chi connectivity index (χ4v) is 1.73. The fourth-order valence-electron chi connectivity index (χ4n) is 1.30. The molecule has 4 heteroatoms. The van der Waals surface area contributed by atoms with E-state index in [0.29, 0.717) is 12.1 Å². The van der Waals surface area contributed by atoms with E-state index < -0.39 is 0 Å². The minimum Gasteiger partial charge on any atom is -0.351 e. The number of likely N-dealkylation sites (N-methyl/N-ethyl adjacent to an activating group) is 1. The van der Waals surface area contributed by atoms with Gasteiger partial charge in [0.25, 0.3) is 5.91 Å². The maximum atomic E-state index is 11.8. The van der Waals surface area contributed by atoms with Gasteiger partial charge < -0.3 is 10.2 Å². The lowest BCUT2D eigenvalue weighted by Crippen LogP contribution is -2.31. The highest BCUT2D eigenvalue weighted by Gasteiger charge is 2.09. The number of amides is 1. The summed E-state index contributed by atoms with van der Waals surface area (Å²) < 4.78 is 0.834. The number of rotatable bonds is 4. The maximum Gasteiger partial charge on any atom is 0.252 e. The largest absolute Gasteiger partial charge is 0.351 e. The SMILES string of the molecule is Cc1ccc(Br)c(C(=O)NCCN(C)C)c1. The molecule has 3 nitrogen and oxygen atoms in total. The number of nitrogens with one attached hydrogen (secondary N) is 1. The Morgan fingerprint density at radius 1 is 1.44 bits per heavy atom. The molecule has 1 aromatic carbocycles. The van der Waals surface area contributed by atoms with Gasteiger partial charge in [-0.15, -0.1) is 0 Å². The van der Waals surface area contributed by atoms with Crippen LogP contribution in [0.1, 0.15) is 15.9 Å². The molecule has 0 fully saturated rings. The van der Waals surface area contributed by atoms with Crippen molar-refractivity contribution in [1.82, 2.24) is 10.2 Å². The lowest BCUT2D eigenvalue weighted by molar-refractivity contribution is 0.0950. The van der Waals surface area contributed by atoms with Gasteiger partial charge in [0.2, 0.25) is 0 Å². The first-order chi connectivity index (χ1) is 7.50. The van der Waals surface area contributed by atoms with Crippen molar-refractivity contribution in [3.63, 3.8) is 0 Å². The molecule has 0 saturated heterocycles. The van der Waals surface area contributed by atoms with Crippen LogP contribution in [0.25, 0.3) is 0 Å². The molecule has 0 radical (unpaired) electrons. The summed E-state index contributed by atoms with van der Waals surface area (Å²) in [7, 11) is 3.96. The fraction of sp³-hybridized carbons (Fsp3) is 0.417. The first-order valence-corrected chi connectivity index (χ1v) is 5.99. The van der Waals surface area contributed by atoms with E-state index in [-0.39, 0.29) is 5.91 Å². The lowest BCUT2D eigenvalue weighted by atomic mass is 10.1. The summed E-state index contributed by atoms with van der Waals surface area (Å²) in [6, 6.07) is 5.76. The average molecular weight is 285 g/mol. The second-order valence-electron chi connectivity index (χ2n) is 4.04. The van der Waals surface area contributed by atoms with Crippen molar-refractivity contribution >= 4 is 21.8 Å². The Balaban J connectivity index is 2.62. The standard InChI is InChI=1S/C12H17BrN2O/c1-9-4-5-11(13)10(8-9)12(16)14-6-7-15(2)3/h4-5,8H,6-7H2,1-3H3,(H,14,16). The quantitative estimate of drug-likeness (QED) is 0.918. The van der Waals surface area contributed by atoms with Crippen molar-refractivity contribution in [3.8, 4) is 0 Å². The molecule has 0 aliphatic heterocycles. The number of carbonyl (C=O) groups excluding carboxylic acids is 1. The molecule has 0 heterocycles. The Labute approximate surface area is 105 Å². The van der Waals surface area contributed by atoms with Crippen LogP contribution in [0.4, 0.5) is 0 Å². The van der Waals surface area contributed by atoms with Gasteiger partial charge in [-0.25, -0.2) is 0 Å². The van der Waals surface area contributed by atoms with E-state index in [1.807, 2.05) is 44.1 Å². The number of nitrogens with zero attached hydrogens (tertiary/aromatic N) is 1. The normalized spacial score (nSPS) is 10.6. The summed E-state index contributed by atoms with van der Waals surface area (Å²) >= 11 is 3.38. The van der Waals surface area contributed by atoms with Crippen LogP contribution in [0.15, 0.2) is 22.7 Å². The van der Waals surface area contributed by atoms with Crippen LogP contribution in [-0.4, -0.2) is 38.0 Å². The monoisotopic (exact) mass is 284 g/mol. The Bertz CT molecular complexity index is 377. The molecular formula is C12H17BrN2O. The van der Waals surface area contributed by atoms with Crippen LogP contribution in [-0.2, 0) is 0 Å². The molecular weight excluding hydrogens is 268 g/mol. The van der Waals surface area contributed by atoms with E-state index in [4.69, 9.17) is 0 Å². The molecule has 0 atom stereocenters. The Morgan fingerprint density at radius 3 is 2.75 bits per heavy atom. The van der Waals surface area contributed by atoms with E-state index >= 15 is 0 Å². The van der Waals surface area contributed by atoms with Gasteiger partial charge in [-0.05, 0) is 49.1 Å². The predicted octanol–water partition coefficient (Wildman–Crippen LogP) is 2.05. The average Bonchev–Trinajstić information content (AvgIpc) is 2.21. The van der Waals surface area contributed by atoms with Crippen LogP contribution in [0.2, 0.25) is 0 Å². The molecule has 88 valence electrons. The molecule has 16 heavy (non-hydrogen) atoms. The second kappa shape index (κ2) is 6.01. The van der Waals surface area contributed by atoms with Crippen molar-refractivity contribution in [2.45, 2.75) is 6.92 Å². The van der Waals surface area contributed by atoms with Crippen molar-refractivity contribution in [2.75, 3.05) is 27.2 Å². The van der Waals surface area contributed by atoms with Gasteiger partial charge >= 0.3 is 0 Å². The molecule has 0 aromatic heterocycles. The summed E-state index contributed by atoms with van der Waals surface area (Å²) in [5.74, 6) is -0.0302. The topological polar surface area (TPSA) is 32.3 Å². The van der Waals surface area contributed by atoms with Crippen LogP contribution < -0.4 is 5.32 Å². The molecule has 1 amide bonds. The Kier molecular flexibility index (Phi) is 4.96. The summed E-state index contributed by atoms with van der Waals surface area (Å²) in [4.78, 5) is 13.9. The minimum atomic E-state index is -0.0302. The summed E-state index contributed by atoms with van der Waals surface area (Å²) in [6.07, 6.45) is 0. The highest BCUT2D eigenvalue weighted by molar-refractivity contribution is 9.10. The van der Waals surface area contributed by atoms with E-state index in [1.54, 1.807) is 0 Å². The van der Waals surface area contributed by atoms with Gasteiger partial charge in [0, 0.05) is 17.6 Å². The third-order valence-corrected chi connectivity index (χ3v) is 2.90. The van der Waals surface area contributed by atoms with Crippen molar-refractivity contribution < 1.29 is 4.79 Å². The predicted molar refractivity (Wildman–Crippen MR) is 69.8 cm³/mol. The Hall–Kier alpha value is -0.870. The van der Waals surface area contributed by atoms with Gasteiger partial charge in [0.15, 0.2) is 0 Å². The van der Waals surface area contributed by atoms with Crippen LogP contribution in [0, 0.1) is 6.92 Å². The first-order valence-electron chi connectivity index (χ1n) is 5.20. The van der Waals surface area contributed by atoms with Gasteiger partial charge in [-0.1, -0.05) is 11.6 Å². The van der Waals surface area contributed by atoms with Crippen molar-refractivity contribution in [1.29, 1.82) is 0 Å². The smallest absolute Gasteiger partial charge is 0.252 e. The van der Waals surface area contributed by atoms with Gasteiger partial charge in [-0.3, -0.25) is 4.79 Å². The maximum absolute atomic E-state index is 11.8. The summed E-state index contributed by atoms with van der Waals surface area (Å²) in [5, 5.41) is 2.89. The molecule has 0 bridgehead atoms. The lowest BCUT2D eigenvalue weighted by Gasteiger charge is -2.11. The first kappa shape index (κ1) is 13.2. The number of halogens is 1. The molecule has 1 aromatic rings. The van der Waals surface area contributed by atoms with E-state index in [1.165, 1.54) is 0 Å². The molecule has 0 aliphatic carbocycles.